The lowest BCUT2D eigenvalue weighted by molar-refractivity contribution is -0.144. The highest BCUT2D eigenvalue weighted by molar-refractivity contribution is 6.14. The van der Waals surface area contributed by atoms with Gasteiger partial charge in [-0.05, 0) is 11.1 Å². The monoisotopic (exact) mass is 580 g/mol. The first kappa shape index (κ1) is 29.9. The maximum absolute atomic E-state index is 12.7. The van der Waals surface area contributed by atoms with Crippen LogP contribution in [0.1, 0.15) is 33.4 Å². The Hall–Kier alpha value is -5.62. The van der Waals surface area contributed by atoms with Crippen LogP contribution in [0, 0.1) is 0 Å². The van der Waals surface area contributed by atoms with Gasteiger partial charge in [0.1, 0.15) is 26.3 Å². The zero-order valence-electron chi connectivity index (χ0n) is 24.2. The first-order valence-electron chi connectivity index (χ1n) is 14.4. The van der Waals surface area contributed by atoms with Crippen molar-refractivity contribution >= 4 is 23.4 Å². The van der Waals surface area contributed by atoms with Crippen molar-refractivity contribution in [2.24, 2.45) is 9.98 Å². The van der Waals surface area contributed by atoms with Gasteiger partial charge in [-0.25, -0.2) is 0 Å². The second kappa shape index (κ2) is 15.6. The fourth-order valence-corrected chi connectivity index (χ4v) is 4.62. The Morgan fingerprint density at radius 1 is 0.409 bits per heavy atom. The highest BCUT2D eigenvalue weighted by Crippen LogP contribution is 2.15. The van der Waals surface area contributed by atoms with Crippen LogP contribution in [0.2, 0.25) is 0 Å². The number of benzene rings is 5. The summed E-state index contributed by atoms with van der Waals surface area (Å²) in [7, 11) is 0. The van der Waals surface area contributed by atoms with Crippen LogP contribution in [0.4, 0.5) is 0 Å². The molecule has 0 saturated carbocycles. The molecule has 0 aliphatic carbocycles. The number of nitrogens with zero attached hydrogens (tertiary/aromatic N) is 2. The van der Waals surface area contributed by atoms with Crippen molar-refractivity contribution < 1.29 is 19.1 Å². The molecule has 0 bridgehead atoms. The van der Waals surface area contributed by atoms with Gasteiger partial charge in [-0.15, -0.1) is 0 Å². The second-order valence-electron chi connectivity index (χ2n) is 9.88. The summed E-state index contributed by atoms with van der Waals surface area (Å²) in [5.41, 5.74) is 6.63. The van der Waals surface area contributed by atoms with Gasteiger partial charge in [-0.3, -0.25) is 19.6 Å². The molecule has 218 valence electrons. The molecule has 0 aliphatic rings. The van der Waals surface area contributed by atoms with E-state index in [1.165, 1.54) is 0 Å². The van der Waals surface area contributed by atoms with Crippen molar-refractivity contribution in [3.63, 3.8) is 0 Å². The van der Waals surface area contributed by atoms with Crippen LogP contribution in [0.5, 0.6) is 0 Å². The zero-order valence-corrected chi connectivity index (χ0v) is 24.2. The average Bonchev–Trinajstić information content (AvgIpc) is 3.09. The van der Waals surface area contributed by atoms with Crippen LogP contribution in [-0.4, -0.2) is 36.5 Å². The third-order valence-electron chi connectivity index (χ3n) is 6.82. The largest absolute Gasteiger partial charge is 0.459 e. The second-order valence-corrected chi connectivity index (χ2v) is 9.88. The Labute approximate surface area is 257 Å². The number of ether oxygens (including phenoxy) is 2. The molecule has 0 aliphatic heterocycles. The Kier molecular flexibility index (Phi) is 10.6. The van der Waals surface area contributed by atoms with E-state index in [0.29, 0.717) is 0 Å². The van der Waals surface area contributed by atoms with Crippen molar-refractivity contribution in [2.75, 3.05) is 13.1 Å². The van der Waals surface area contributed by atoms with E-state index < -0.39 is 11.9 Å². The van der Waals surface area contributed by atoms with Gasteiger partial charge in [-0.2, -0.15) is 0 Å². The summed E-state index contributed by atoms with van der Waals surface area (Å²) in [5.74, 6) is -0.908. The van der Waals surface area contributed by atoms with Crippen LogP contribution in [0.25, 0.3) is 0 Å². The van der Waals surface area contributed by atoms with Crippen LogP contribution in [0.3, 0.4) is 0 Å². The van der Waals surface area contributed by atoms with Crippen LogP contribution >= 0.6 is 0 Å². The first-order chi connectivity index (χ1) is 21.7. The lowest BCUT2D eigenvalue weighted by atomic mass is 10.0. The van der Waals surface area contributed by atoms with E-state index in [0.717, 1.165) is 44.8 Å². The molecule has 0 spiro atoms. The molecule has 0 amide bonds. The van der Waals surface area contributed by atoms with E-state index in [4.69, 9.17) is 9.47 Å². The van der Waals surface area contributed by atoms with Gasteiger partial charge in [0.2, 0.25) is 0 Å². The molecule has 0 fully saturated rings. The molecule has 0 aromatic heterocycles. The lowest BCUT2D eigenvalue weighted by Gasteiger charge is -2.11. The minimum atomic E-state index is -0.454. The number of carbonyl (C=O) groups is 2. The van der Waals surface area contributed by atoms with Gasteiger partial charge in [0.25, 0.3) is 0 Å². The minimum Gasteiger partial charge on any atom is -0.459 e. The molecule has 5 rings (SSSR count). The van der Waals surface area contributed by atoms with Crippen molar-refractivity contribution in [3.8, 4) is 0 Å². The standard InChI is InChI=1S/C38H32N2O4/c41-35(25-39-37(29-15-5-1-6-16-29)30-17-7-2-8-18-30)43-27-33-23-13-14-24-34(33)28-44-36(42)26-40-38(31-19-9-3-10-20-31)32-21-11-4-12-22-32/h1-24H,25-28H2. The zero-order chi connectivity index (χ0) is 30.4. The smallest absolute Gasteiger partial charge is 0.328 e. The number of rotatable bonds is 12. The van der Waals surface area contributed by atoms with E-state index in [1.54, 1.807) is 0 Å². The van der Waals surface area contributed by atoms with Crippen LogP contribution in [-0.2, 0) is 32.3 Å². The van der Waals surface area contributed by atoms with E-state index in [2.05, 4.69) is 9.98 Å². The Morgan fingerprint density at radius 3 is 0.977 bits per heavy atom. The summed E-state index contributed by atoms with van der Waals surface area (Å²) in [6.45, 7) is -0.171. The Balaban J connectivity index is 1.19. The summed E-state index contributed by atoms with van der Waals surface area (Å²) < 4.78 is 11.1. The highest BCUT2D eigenvalue weighted by Gasteiger charge is 2.12. The van der Waals surface area contributed by atoms with E-state index in [1.807, 2.05) is 146 Å². The number of hydrogen-bond donors (Lipinski definition) is 0. The molecular formula is C38H32N2O4. The fourth-order valence-electron chi connectivity index (χ4n) is 4.62. The SMILES string of the molecule is O=C(CN=C(c1ccccc1)c1ccccc1)OCc1ccccc1COC(=O)CN=C(c1ccccc1)c1ccccc1. The maximum atomic E-state index is 12.7. The predicted molar refractivity (Wildman–Crippen MR) is 173 cm³/mol. The first-order valence-corrected chi connectivity index (χ1v) is 14.4. The number of hydrogen-bond acceptors (Lipinski definition) is 6. The molecular weight excluding hydrogens is 548 g/mol. The van der Waals surface area contributed by atoms with Crippen LogP contribution < -0.4 is 0 Å². The Bertz CT molecular complexity index is 1510. The summed E-state index contributed by atoms with van der Waals surface area (Å²) >= 11 is 0. The van der Waals surface area contributed by atoms with Gasteiger partial charge in [0.15, 0.2) is 0 Å². The maximum Gasteiger partial charge on any atom is 0.328 e. The van der Waals surface area contributed by atoms with Gasteiger partial charge >= 0.3 is 11.9 Å². The summed E-state index contributed by atoms with van der Waals surface area (Å²) in [6.07, 6.45) is 0. The molecule has 44 heavy (non-hydrogen) atoms. The van der Waals surface area contributed by atoms with Gasteiger partial charge < -0.3 is 9.47 Å². The summed E-state index contributed by atoms with van der Waals surface area (Å²) in [4.78, 5) is 34.6. The van der Waals surface area contributed by atoms with E-state index in [-0.39, 0.29) is 26.3 Å². The molecule has 0 unspecified atom stereocenters. The quantitative estimate of drug-likeness (QED) is 0.120. The number of esters is 2. The van der Waals surface area contributed by atoms with Crippen LogP contribution in [0.15, 0.2) is 156 Å². The van der Waals surface area contributed by atoms with Gasteiger partial charge in [0, 0.05) is 22.3 Å². The number of aliphatic imine (C=N–C) groups is 2. The molecule has 0 radical (unpaired) electrons. The van der Waals surface area contributed by atoms with E-state index in [9.17, 15) is 9.59 Å². The normalized spacial score (nSPS) is 10.4. The topological polar surface area (TPSA) is 77.3 Å². The minimum absolute atomic E-state index is 0.0401. The summed E-state index contributed by atoms with van der Waals surface area (Å²) in [5, 5.41) is 0. The Morgan fingerprint density at radius 2 is 0.682 bits per heavy atom. The fraction of sp³-hybridized carbons (Fsp3) is 0.105. The van der Waals surface area contributed by atoms with Gasteiger partial charge in [0.05, 0.1) is 11.4 Å². The third-order valence-corrected chi connectivity index (χ3v) is 6.82. The predicted octanol–water partition coefficient (Wildman–Crippen LogP) is 6.85. The molecule has 5 aromatic carbocycles. The molecule has 0 saturated heterocycles. The molecule has 5 aromatic rings. The van der Waals surface area contributed by atoms with Crippen molar-refractivity contribution in [3.05, 3.63) is 179 Å². The molecule has 0 atom stereocenters. The molecule has 0 N–H and O–H groups in total. The average molecular weight is 581 g/mol. The van der Waals surface area contributed by atoms with E-state index >= 15 is 0 Å². The molecule has 6 heteroatoms. The lowest BCUT2D eigenvalue weighted by Crippen LogP contribution is -2.14. The highest BCUT2D eigenvalue weighted by atomic mass is 16.5. The van der Waals surface area contributed by atoms with Crippen molar-refractivity contribution in [1.29, 1.82) is 0 Å². The number of carbonyl (C=O) groups excluding carboxylic acids is 2. The van der Waals surface area contributed by atoms with Gasteiger partial charge in [-0.1, -0.05) is 146 Å². The molecule has 6 nitrogen and oxygen atoms in total. The summed E-state index contributed by atoms with van der Waals surface area (Å²) in [6, 6.07) is 46.4. The molecule has 0 heterocycles. The van der Waals surface area contributed by atoms with Crippen molar-refractivity contribution in [1.82, 2.24) is 0 Å². The third kappa shape index (κ3) is 8.46. The van der Waals surface area contributed by atoms with Crippen molar-refractivity contribution in [2.45, 2.75) is 13.2 Å².